The largest absolute Gasteiger partial charge is 0.297 e. The average molecular weight is 529 g/mol. The van der Waals surface area contributed by atoms with Crippen LogP contribution in [0.3, 0.4) is 0 Å². The second kappa shape index (κ2) is 13.5. The molecule has 33 heavy (non-hydrogen) atoms. The van der Waals surface area contributed by atoms with E-state index >= 15 is 0 Å². The van der Waals surface area contributed by atoms with Crippen LogP contribution in [0.1, 0.15) is 27.8 Å². The molecule has 1 aliphatic rings. The molecule has 4 rings (SSSR count). The van der Waals surface area contributed by atoms with E-state index in [-0.39, 0.29) is 37.2 Å². The quantitative estimate of drug-likeness (QED) is 0.358. The van der Waals surface area contributed by atoms with E-state index in [2.05, 4.69) is 72.0 Å². The average Bonchev–Trinajstić information content (AvgIpc) is 2.75. The maximum absolute atomic E-state index is 6.33. The van der Waals surface area contributed by atoms with Crippen LogP contribution < -0.4 is 0 Å². The van der Waals surface area contributed by atoms with Crippen LogP contribution in [0.15, 0.2) is 54.7 Å². The van der Waals surface area contributed by atoms with Crippen LogP contribution in [0.25, 0.3) is 11.3 Å². The summed E-state index contributed by atoms with van der Waals surface area (Å²) in [6, 6.07) is 17.1. The van der Waals surface area contributed by atoms with Crippen LogP contribution in [-0.2, 0) is 13.1 Å². The highest BCUT2D eigenvalue weighted by molar-refractivity contribution is 6.31. The Kier molecular flexibility index (Phi) is 12.2. The third-order valence-electron chi connectivity index (χ3n) is 6.27. The van der Waals surface area contributed by atoms with Gasteiger partial charge in [0.1, 0.15) is 0 Å². The maximum Gasteiger partial charge on any atom is 0.0705 e. The van der Waals surface area contributed by atoms with Gasteiger partial charge in [-0.3, -0.25) is 14.8 Å². The van der Waals surface area contributed by atoms with Crippen molar-refractivity contribution in [2.24, 2.45) is 0 Å². The highest BCUT2D eigenvalue weighted by Gasteiger charge is 2.18. The molecule has 2 aromatic carbocycles. The number of pyridine rings is 1. The second-order valence-electron chi connectivity index (χ2n) is 8.43. The molecule has 0 spiro atoms. The number of benzene rings is 2. The van der Waals surface area contributed by atoms with Crippen LogP contribution >= 0.6 is 48.8 Å². The van der Waals surface area contributed by atoms with Crippen molar-refractivity contribution in [1.29, 1.82) is 0 Å². The van der Waals surface area contributed by atoms with E-state index in [1.807, 2.05) is 18.3 Å². The Morgan fingerprint density at radius 1 is 0.788 bits per heavy atom. The first-order valence-corrected chi connectivity index (χ1v) is 11.1. The summed E-state index contributed by atoms with van der Waals surface area (Å²) in [7, 11) is 0. The Balaban J connectivity index is 0.00000181. The lowest BCUT2D eigenvalue weighted by atomic mass is 9.98. The number of aryl methyl sites for hydroxylation is 2. The van der Waals surface area contributed by atoms with Gasteiger partial charge in [0.05, 0.1) is 5.69 Å². The van der Waals surface area contributed by atoms with Crippen molar-refractivity contribution in [3.8, 4) is 11.3 Å². The minimum absolute atomic E-state index is 0. The van der Waals surface area contributed by atoms with Crippen molar-refractivity contribution in [1.82, 2.24) is 14.8 Å². The first kappa shape index (κ1) is 29.7. The Hall–Kier alpha value is -1.33. The number of hydrogen-bond acceptors (Lipinski definition) is 3. The van der Waals surface area contributed by atoms with Crippen molar-refractivity contribution >= 4 is 48.8 Å². The second-order valence-corrected chi connectivity index (χ2v) is 8.84. The molecular weight excluding hydrogens is 496 g/mol. The third-order valence-corrected chi connectivity index (χ3v) is 6.64. The van der Waals surface area contributed by atoms with Gasteiger partial charge in [0.15, 0.2) is 0 Å². The van der Waals surface area contributed by atoms with Gasteiger partial charge < -0.3 is 0 Å². The molecule has 1 saturated heterocycles. The molecule has 0 radical (unpaired) electrons. The monoisotopic (exact) mass is 527 g/mol. The minimum atomic E-state index is 0. The molecule has 0 amide bonds. The summed E-state index contributed by atoms with van der Waals surface area (Å²) in [5.74, 6) is 0. The van der Waals surface area contributed by atoms with Crippen LogP contribution in [0, 0.1) is 20.8 Å². The SMILES string of the molecule is Cc1cc(-c2cc(CN3CCN(Cc4ccccc4Cl)CC3)ccn2)cc(C)c1C.Cl.Cl.Cl. The number of piperazine rings is 1. The van der Waals surface area contributed by atoms with Crippen LogP contribution in [0.2, 0.25) is 5.02 Å². The molecule has 7 heteroatoms. The summed E-state index contributed by atoms with van der Waals surface area (Å²) in [5.41, 5.74) is 8.84. The fraction of sp³-hybridized carbons (Fsp3) is 0.346. The summed E-state index contributed by atoms with van der Waals surface area (Å²) in [6.45, 7) is 12.7. The van der Waals surface area contributed by atoms with Gasteiger partial charge in [0, 0.05) is 56.1 Å². The van der Waals surface area contributed by atoms with Crippen molar-refractivity contribution in [3.05, 3.63) is 87.6 Å². The summed E-state index contributed by atoms with van der Waals surface area (Å²) in [6.07, 6.45) is 1.95. The molecule has 180 valence electrons. The van der Waals surface area contributed by atoms with Crippen LogP contribution in [0.5, 0.6) is 0 Å². The molecule has 2 heterocycles. The molecule has 0 atom stereocenters. The number of halogens is 4. The van der Waals surface area contributed by atoms with Gasteiger partial charge in [-0.1, -0.05) is 29.8 Å². The molecule has 1 fully saturated rings. The molecule has 0 bridgehead atoms. The number of rotatable bonds is 5. The van der Waals surface area contributed by atoms with E-state index in [1.54, 1.807) is 0 Å². The van der Waals surface area contributed by atoms with Crippen molar-refractivity contribution in [3.63, 3.8) is 0 Å². The fourth-order valence-electron chi connectivity index (χ4n) is 4.15. The zero-order valence-electron chi connectivity index (χ0n) is 19.4. The smallest absolute Gasteiger partial charge is 0.0705 e. The Morgan fingerprint density at radius 3 is 1.97 bits per heavy atom. The van der Waals surface area contributed by atoms with Crippen LogP contribution in [0.4, 0.5) is 0 Å². The molecule has 3 nitrogen and oxygen atoms in total. The molecule has 0 N–H and O–H groups in total. The van der Waals surface area contributed by atoms with E-state index in [4.69, 9.17) is 11.6 Å². The normalized spacial score (nSPS) is 14.1. The van der Waals surface area contributed by atoms with E-state index in [0.29, 0.717) is 0 Å². The van der Waals surface area contributed by atoms with Gasteiger partial charge in [-0.25, -0.2) is 0 Å². The van der Waals surface area contributed by atoms with Crippen molar-refractivity contribution in [2.45, 2.75) is 33.9 Å². The van der Waals surface area contributed by atoms with Crippen molar-refractivity contribution in [2.75, 3.05) is 26.2 Å². The lowest BCUT2D eigenvalue weighted by molar-refractivity contribution is 0.122. The van der Waals surface area contributed by atoms with E-state index < -0.39 is 0 Å². The number of hydrogen-bond donors (Lipinski definition) is 0. The number of aromatic nitrogens is 1. The zero-order chi connectivity index (χ0) is 21.1. The van der Waals surface area contributed by atoms with E-state index in [1.165, 1.54) is 33.4 Å². The summed E-state index contributed by atoms with van der Waals surface area (Å²) < 4.78 is 0. The lowest BCUT2D eigenvalue weighted by Crippen LogP contribution is -2.45. The molecule has 0 aliphatic carbocycles. The first-order chi connectivity index (χ1) is 14.5. The van der Waals surface area contributed by atoms with Gasteiger partial charge in [-0.2, -0.15) is 0 Å². The summed E-state index contributed by atoms with van der Waals surface area (Å²) in [5, 5.41) is 0.867. The van der Waals surface area contributed by atoms with Crippen molar-refractivity contribution < 1.29 is 0 Å². The number of nitrogens with zero attached hydrogens (tertiary/aromatic N) is 3. The molecule has 1 aliphatic heterocycles. The highest BCUT2D eigenvalue weighted by Crippen LogP contribution is 2.25. The highest BCUT2D eigenvalue weighted by atomic mass is 35.5. The fourth-order valence-corrected chi connectivity index (χ4v) is 4.34. The van der Waals surface area contributed by atoms with Gasteiger partial charge in [-0.05, 0) is 78.9 Å². The zero-order valence-corrected chi connectivity index (χ0v) is 22.6. The summed E-state index contributed by atoms with van der Waals surface area (Å²) in [4.78, 5) is 9.67. The Bertz CT molecular complexity index is 1010. The van der Waals surface area contributed by atoms with Gasteiger partial charge in [-0.15, -0.1) is 37.2 Å². The molecular formula is C26H33Cl4N3. The topological polar surface area (TPSA) is 19.4 Å². The molecule has 0 unspecified atom stereocenters. The van der Waals surface area contributed by atoms with Crippen LogP contribution in [-0.4, -0.2) is 41.0 Å². The van der Waals surface area contributed by atoms with E-state index in [9.17, 15) is 0 Å². The Morgan fingerprint density at radius 2 is 1.36 bits per heavy atom. The maximum atomic E-state index is 6.33. The predicted octanol–water partition coefficient (Wildman–Crippen LogP) is 6.91. The minimum Gasteiger partial charge on any atom is -0.297 e. The van der Waals surface area contributed by atoms with E-state index in [0.717, 1.165) is 50.0 Å². The third kappa shape index (κ3) is 7.58. The summed E-state index contributed by atoms with van der Waals surface area (Å²) >= 11 is 6.33. The van der Waals surface area contributed by atoms with Gasteiger partial charge in [0.25, 0.3) is 0 Å². The standard InChI is InChI=1S/C26H30ClN3.3ClH/c1-19-14-24(15-20(2)21(19)3)26-16-22(8-9-28-26)17-29-10-12-30(13-11-29)18-23-6-4-5-7-25(23)27;;;/h4-9,14-16H,10-13,17-18H2,1-3H3;3*1H. The molecule has 1 aromatic heterocycles. The van der Waals surface area contributed by atoms with Gasteiger partial charge in [0.2, 0.25) is 0 Å². The predicted molar refractivity (Wildman–Crippen MR) is 148 cm³/mol. The Labute approximate surface area is 221 Å². The van der Waals surface area contributed by atoms with Gasteiger partial charge >= 0.3 is 0 Å². The molecule has 3 aromatic rings. The first-order valence-electron chi connectivity index (χ1n) is 10.7. The molecule has 0 saturated carbocycles. The lowest BCUT2D eigenvalue weighted by Gasteiger charge is -2.35.